The summed E-state index contributed by atoms with van der Waals surface area (Å²) >= 11 is 5.60. The molecule has 0 aromatic heterocycles. The van der Waals surface area contributed by atoms with Crippen molar-refractivity contribution in [3.8, 4) is 5.75 Å². The molecule has 0 N–H and O–H groups in total. The quantitative estimate of drug-likeness (QED) is 0.611. The minimum Gasteiger partial charge on any atom is -0.497 e. The molecule has 1 unspecified atom stereocenters. The second-order valence-electron chi connectivity index (χ2n) is 5.56. The van der Waals surface area contributed by atoms with Crippen LogP contribution < -0.4 is 4.74 Å². The number of hydrogen-bond donors (Lipinski definition) is 0. The van der Waals surface area contributed by atoms with Gasteiger partial charge in [0.2, 0.25) is 0 Å². The maximum Gasteiger partial charge on any atom is 0.432 e. The zero-order valence-corrected chi connectivity index (χ0v) is 14.0. The summed E-state index contributed by atoms with van der Waals surface area (Å²) in [6.45, 7) is 0.112. The zero-order valence-electron chi connectivity index (χ0n) is 13.2. The maximum absolute atomic E-state index is 14.1. The van der Waals surface area contributed by atoms with Crippen LogP contribution in [-0.2, 0) is 6.54 Å². The summed E-state index contributed by atoms with van der Waals surface area (Å²) in [5.74, 6) is -2.13. The summed E-state index contributed by atoms with van der Waals surface area (Å²) in [5, 5.41) is -0.904. The third kappa shape index (κ3) is 3.77. The van der Waals surface area contributed by atoms with Crippen LogP contribution in [0.4, 0.5) is 30.7 Å². The van der Waals surface area contributed by atoms with E-state index < -0.39 is 29.0 Å². The van der Waals surface area contributed by atoms with E-state index in [1.54, 1.807) is 24.3 Å². The first-order valence-corrected chi connectivity index (χ1v) is 7.54. The van der Waals surface area contributed by atoms with Gasteiger partial charge in [0.15, 0.2) is 0 Å². The Balaban J connectivity index is 2.24. The van der Waals surface area contributed by atoms with Gasteiger partial charge in [0.25, 0.3) is 0 Å². The summed E-state index contributed by atoms with van der Waals surface area (Å²) in [6.07, 6.45) is -10.1. The molecule has 0 fully saturated rings. The Morgan fingerprint density at radius 3 is 1.96 bits per heavy atom. The van der Waals surface area contributed by atoms with Gasteiger partial charge in [0, 0.05) is 24.0 Å². The Morgan fingerprint density at radius 1 is 1.00 bits per heavy atom. The van der Waals surface area contributed by atoms with Crippen molar-refractivity contribution in [2.24, 2.45) is 5.92 Å². The molecule has 2 nitrogen and oxygen atoms in total. The van der Waals surface area contributed by atoms with E-state index >= 15 is 0 Å². The Bertz CT molecular complexity index is 680. The normalized spacial score (nSPS) is 18.7. The van der Waals surface area contributed by atoms with Crippen LogP contribution in [0.1, 0.15) is 5.56 Å². The van der Waals surface area contributed by atoms with Crippen LogP contribution in [0.25, 0.3) is 0 Å². The number of halogens is 8. The van der Waals surface area contributed by atoms with Gasteiger partial charge < -0.3 is 9.64 Å². The highest BCUT2D eigenvalue weighted by molar-refractivity contribution is 6.30. The van der Waals surface area contributed by atoms with E-state index in [2.05, 4.69) is 0 Å². The molecule has 0 saturated heterocycles. The summed E-state index contributed by atoms with van der Waals surface area (Å²) in [6, 6.07) is 6.59. The molecule has 0 radical (unpaired) electrons. The van der Waals surface area contributed by atoms with Gasteiger partial charge in [-0.1, -0.05) is 29.8 Å². The van der Waals surface area contributed by atoms with Crippen LogP contribution in [0.5, 0.6) is 5.75 Å². The van der Waals surface area contributed by atoms with Crippen LogP contribution in [0.15, 0.2) is 47.8 Å². The van der Waals surface area contributed by atoms with Crippen molar-refractivity contribution in [2.45, 2.75) is 24.6 Å². The van der Waals surface area contributed by atoms with Crippen LogP contribution in [0.2, 0.25) is 0 Å². The Hall–Kier alpha value is -1.90. The van der Waals surface area contributed by atoms with E-state index in [4.69, 9.17) is 16.3 Å². The van der Waals surface area contributed by atoms with Crippen LogP contribution in [0, 0.1) is 5.92 Å². The molecule has 1 aromatic rings. The van der Waals surface area contributed by atoms with E-state index in [1.165, 1.54) is 12.0 Å². The molecule has 0 amide bonds. The monoisotopic (exact) mass is 403 g/mol. The Morgan fingerprint density at radius 2 is 1.54 bits per heavy atom. The molecular weight excluding hydrogens is 391 g/mol. The maximum atomic E-state index is 14.1. The summed E-state index contributed by atoms with van der Waals surface area (Å²) in [5.41, 5.74) is -4.79. The molecule has 0 aliphatic carbocycles. The van der Waals surface area contributed by atoms with Crippen molar-refractivity contribution >= 4 is 11.6 Å². The Labute approximate surface area is 149 Å². The molecule has 1 heterocycles. The lowest BCUT2D eigenvalue weighted by molar-refractivity contribution is -0.349. The first-order chi connectivity index (χ1) is 11.9. The fraction of sp³-hybridized carbons (Fsp3) is 0.375. The minimum absolute atomic E-state index is 0.112. The van der Waals surface area contributed by atoms with Gasteiger partial charge in [-0.2, -0.15) is 26.3 Å². The Kier molecular flexibility index (Phi) is 5.51. The predicted molar refractivity (Wildman–Crippen MR) is 81.1 cm³/mol. The second kappa shape index (κ2) is 7.02. The molecular formula is C16H13ClF7NO. The van der Waals surface area contributed by atoms with Gasteiger partial charge >= 0.3 is 18.0 Å². The van der Waals surface area contributed by atoms with Crippen molar-refractivity contribution in [1.29, 1.82) is 0 Å². The molecule has 1 aliphatic heterocycles. The van der Waals surface area contributed by atoms with Gasteiger partial charge in [-0.15, -0.1) is 0 Å². The lowest BCUT2D eigenvalue weighted by atomic mass is 9.86. The van der Waals surface area contributed by atoms with Gasteiger partial charge in [-0.05, 0) is 17.7 Å². The first kappa shape index (κ1) is 20.4. The molecule has 2 rings (SSSR count). The van der Waals surface area contributed by atoms with E-state index in [9.17, 15) is 30.7 Å². The lowest BCUT2D eigenvalue weighted by Gasteiger charge is -2.37. The summed E-state index contributed by atoms with van der Waals surface area (Å²) < 4.78 is 96.1. The van der Waals surface area contributed by atoms with Crippen LogP contribution in [-0.4, -0.2) is 30.0 Å². The van der Waals surface area contributed by atoms with Crippen molar-refractivity contribution in [2.75, 3.05) is 7.11 Å². The largest absolute Gasteiger partial charge is 0.497 e. The smallest absolute Gasteiger partial charge is 0.432 e. The van der Waals surface area contributed by atoms with Crippen molar-refractivity contribution in [1.82, 2.24) is 4.90 Å². The molecule has 1 atom stereocenters. The molecule has 1 aromatic carbocycles. The van der Waals surface area contributed by atoms with Gasteiger partial charge in [-0.25, -0.2) is 4.39 Å². The molecule has 144 valence electrons. The fourth-order valence-corrected chi connectivity index (χ4v) is 2.79. The lowest BCUT2D eigenvalue weighted by Crippen LogP contribution is -2.58. The highest BCUT2D eigenvalue weighted by Crippen LogP contribution is 2.54. The standard InChI is InChI=1S/C16H13ClF7NO/c1-26-11-4-2-10(3-5-11)8-25-7-6-12(13(17)9-25)14(18,15(19,20)21)16(22,23)24/h2-7,9,12H,8H2,1H3. The average molecular weight is 404 g/mol. The third-order valence-corrected chi connectivity index (χ3v) is 4.17. The molecule has 0 saturated carbocycles. The number of methoxy groups -OCH3 is 1. The molecule has 26 heavy (non-hydrogen) atoms. The number of ether oxygens (including phenoxy) is 1. The minimum atomic E-state index is -6.17. The van der Waals surface area contributed by atoms with Crippen LogP contribution >= 0.6 is 11.6 Å². The SMILES string of the molecule is COc1ccc(CN2C=CC(C(F)(C(F)(F)F)C(F)(F)F)C(Cl)=C2)cc1. The summed E-state index contributed by atoms with van der Waals surface area (Å²) in [7, 11) is 1.47. The average Bonchev–Trinajstić information content (AvgIpc) is 2.53. The van der Waals surface area contributed by atoms with Gasteiger partial charge in [0.1, 0.15) is 5.75 Å². The predicted octanol–water partition coefficient (Wildman–Crippen LogP) is 5.55. The van der Waals surface area contributed by atoms with Crippen molar-refractivity contribution in [3.63, 3.8) is 0 Å². The number of hydrogen-bond acceptors (Lipinski definition) is 2. The zero-order chi connectivity index (χ0) is 19.8. The van der Waals surface area contributed by atoms with E-state index in [-0.39, 0.29) is 6.54 Å². The topological polar surface area (TPSA) is 12.5 Å². The van der Waals surface area contributed by atoms with Crippen LogP contribution in [0.3, 0.4) is 0 Å². The van der Waals surface area contributed by atoms with Gasteiger partial charge in [-0.3, -0.25) is 0 Å². The number of nitrogens with zero attached hydrogens (tertiary/aromatic N) is 1. The second-order valence-corrected chi connectivity index (χ2v) is 6.00. The van der Waals surface area contributed by atoms with E-state index in [1.807, 2.05) is 0 Å². The molecule has 1 aliphatic rings. The molecule has 0 bridgehead atoms. The third-order valence-electron chi connectivity index (χ3n) is 3.83. The number of allylic oxidation sites excluding steroid dienone is 2. The van der Waals surface area contributed by atoms with Gasteiger partial charge in [0.05, 0.1) is 13.0 Å². The summed E-state index contributed by atoms with van der Waals surface area (Å²) in [4.78, 5) is 1.26. The van der Waals surface area contributed by atoms with E-state index in [0.717, 1.165) is 12.4 Å². The fourth-order valence-electron chi connectivity index (χ4n) is 2.45. The van der Waals surface area contributed by atoms with Crippen molar-refractivity contribution in [3.05, 3.63) is 53.3 Å². The van der Waals surface area contributed by atoms with Crippen molar-refractivity contribution < 1.29 is 35.5 Å². The van der Waals surface area contributed by atoms with E-state index in [0.29, 0.717) is 17.4 Å². The highest BCUT2D eigenvalue weighted by Gasteiger charge is 2.76. The highest BCUT2D eigenvalue weighted by atomic mass is 35.5. The molecule has 0 spiro atoms. The number of benzene rings is 1. The first-order valence-electron chi connectivity index (χ1n) is 7.16. The number of rotatable bonds is 4. The molecule has 10 heteroatoms. The number of alkyl halides is 7.